The van der Waals surface area contributed by atoms with Gasteiger partial charge in [0.1, 0.15) is 11.5 Å². The summed E-state index contributed by atoms with van der Waals surface area (Å²) in [4.78, 5) is 13.6. The zero-order valence-corrected chi connectivity index (χ0v) is 21.6. The largest absolute Gasteiger partial charge is 0.505 e. The van der Waals surface area contributed by atoms with Gasteiger partial charge in [0.15, 0.2) is 0 Å². The molecule has 8 heteroatoms. The Morgan fingerprint density at radius 3 is 1.53 bits per heavy atom. The lowest BCUT2D eigenvalue weighted by atomic mass is 10.1. The zero-order chi connectivity index (χ0) is 25.3. The molecule has 8 nitrogen and oxygen atoms in total. The predicted molar refractivity (Wildman–Crippen MR) is 150 cm³/mol. The first-order valence-electron chi connectivity index (χ1n) is 13.1. The molecule has 0 amide bonds. The highest BCUT2D eigenvalue weighted by Crippen LogP contribution is 2.33. The molecule has 1 fully saturated rings. The highest BCUT2D eigenvalue weighted by Gasteiger charge is 2.17. The highest BCUT2D eigenvalue weighted by atomic mass is 16.3. The highest BCUT2D eigenvalue weighted by molar-refractivity contribution is 5.88. The second-order valence-electron chi connectivity index (χ2n) is 9.70. The van der Waals surface area contributed by atoms with Crippen LogP contribution in [0.15, 0.2) is 34.3 Å². The fraction of sp³-hybridized carbons (Fsp3) is 0.500. The summed E-state index contributed by atoms with van der Waals surface area (Å²) in [6.45, 7) is 11.9. The lowest BCUT2D eigenvalue weighted by Crippen LogP contribution is -2.38. The van der Waals surface area contributed by atoms with Crippen molar-refractivity contribution in [2.45, 2.75) is 26.7 Å². The topological polar surface area (TPSA) is 95.7 Å². The van der Waals surface area contributed by atoms with E-state index in [0.29, 0.717) is 13.1 Å². The number of aromatic hydroxyl groups is 2. The Labute approximate surface area is 214 Å². The van der Waals surface area contributed by atoms with Crippen LogP contribution in [-0.4, -0.2) is 88.1 Å². The first-order chi connectivity index (χ1) is 17.5. The predicted octanol–water partition coefficient (Wildman–Crippen LogP) is 2.85. The van der Waals surface area contributed by atoms with Crippen molar-refractivity contribution in [3.8, 4) is 11.5 Å². The van der Waals surface area contributed by atoms with Crippen molar-refractivity contribution in [1.29, 1.82) is 0 Å². The minimum Gasteiger partial charge on any atom is -0.505 e. The van der Waals surface area contributed by atoms with Gasteiger partial charge in [0.05, 0.1) is 24.5 Å². The zero-order valence-electron chi connectivity index (χ0n) is 21.6. The van der Waals surface area contributed by atoms with Crippen molar-refractivity contribution in [3.05, 3.63) is 46.5 Å². The summed E-state index contributed by atoms with van der Waals surface area (Å²) in [5.41, 5.74) is 5.40. The summed E-state index contributed by atoms with van der Waals surface area (Å²) in [6.07, 6.45) is 5.42. The van der Waals surface area contributed by atoms with Crippen LogP contribution < -0.4 is 20.4 Å². The van der Waals surface area contributed by atoms with Crippen LogP contribution in [0.25, 0.3) is 0 Å². The van der Waals surface area contributed by atoms with Crippen LogP contribution in [0.3, 0.4) is 0 Å². The average molecular weight is 493 g/mol. The molecule has 2 aromatic rings. The Morgan fingerprint density at radius 1 is 0.639 bits per heavy atom. The monoisotopic (exact) mass is 492 g/mol. The maximum atomic E-state index is 11.1. The minimum absolute atomic E-state index is 0.282. The average Bonchev–Trinajstić information content (AvgIpc) is 2.85. The molecule has 4 N–H and O–H groups in total. The van der Waals surface area contributed by atoms with Gasteiger partial charge in [-0.15, -0.1) is 0 Å². The normalized spacial score (nSPS) is 18.3. The number of fused-ring (bicyclic) bond motifs is 13. The fourth-order valence-electron chi connectivity index (χ4n) is 4.87. The third kappa shape index (κ3) is 6.77. The number of phenols is 2. The maximum absolute atomic E-state index is 11.1. The second kappa shape index (κ2) is 12.7. The van der Waals surface area contributed by atoms with E-state index in [2.05, 4.69) is 56.4 Å². The van der Waals surface area contributed by atoms with Gasteiger partial charge in [0, 0.05) is 62.8 Å². The molecule has 0 aliphatic carbocycles. The first kappa shape index (κ1) is 26.0. The summed E-state index contributed by atoms with van der Waals surface area (Å²) in [5.74, 6) is 0.563. The van der Waals surface area contributed by atoms with Gasteiger partial charge in [-0.3, -0.25) is 9.98 Å². The van der Waals surface area contributed by atoms with E-state index >= 15 is 0 Å². The van der Waals surface area contributed by atoms with E-state index in [0.717, 1.165) is 98.8 Å². The molecular weight excluding hydrogens is 452 g/mol. The number of benzene rings is 2. The molecule has 2 aromatic carbocycles. The minimum atomic E-state index is 0.282. The summed E-state index contributed by atoms with van der Waals surface area (Å²) >= 11 is 0. The van der Waals surface area contributed by atoms with Crippen LogP contribution in [0.1, 0.15) is 35.1 Å². The molecule has 0 unspecified atom stereocenters. The molecule has 194 valence electrons. The van der Waals surface area contributed by atoms with E-state index in [-0.39, 0.29) is 11.5 Å². The van der Waals surface area contributed by atoms with E-state index in [1.807, 2.05) is 12.1 Å². The number of rotatable bonds is 0. The van der Waals surface area contributed by atoms with Crippen molar-refractivity contribution in [2.24, 2.45) is 9.98 Å². The molecule has 5 rings (SSSR count). The van der Waals surface area contributed by atoms with Gasteiger partial charge in [-0.25, -0.2) is 0 Å². The van der Waals surface area contributed by atoms with Crippen molar-refractivity contribution in [1.82, 2.24) is 10.6 Å². The van der Waals surface area contributed by atoms with Crippen molar-refractivity contribution in [3.63, 3.8) is 0 Å². The first-order valence-corrected chi connectivity index (χ1v) is 13.1. The third-order valence-electron chi connectivity index (χ3n) is 6.71. The number of aryl methyl sites for hydroxylation is 2. The van der Waals surface area contributed by atoms with Crippen LogP contribution in [0.2, 0.25) is 0 Å². The van der Waals surface area contributed by atoms with E-state index in [1.54, 1.807) is 12.4 Å². The van der Waals surface area contributed by atoms with Gasteiger partial charge >= 0.3 is 0 Å². The molecule has 0 saturated carbocycles. The molecule has 1 saturated heterocycles. The second-order valence-corrected chi connectivity index (χ2v) is 9.70. The Balaban J connectivity index is 1.71. The number of nitrogens with one attached hydrogen (secondary N) is 2. The van der Waals surface area contributed by atoms with E-state index in [9.17, 15) is 10.2 Å². The maximum Gasteiger partial charge on any atom is 0.147 e. The molecule has 3 aliphatic heterocycles. The number of anilines is 2. The van der Waals surface area contributed by atoms with Crippen molar-refractivity contribution < 1.29 is 10.2 Å². The van der Waals surface area contributed by atoms with Crippen LogP contribution >= 0.6 is 0 Å². The number of hydrogen-bond donors (Lipinski definition) is 4. The molecular formula is C28H40N6O2. The van der Waals surface area contributed by atoms with Crippen LogP contribution in [-0.2, 0) is 0 Å². The summed E-state index contributed by atoms with van der Waals surface area (Å²) < 4.78 is 0. The molecule has 0 spiro atoms. The van der Waals surface area contributed by atoms with Gasteiger partial charge in [-0.05, 0) is 75.2 Å². The standard InChI is InChI=1S/C28H40N6O2/c1-21-15-23-19-31-7-8-32-20-24-16-22(2)18-26(28(24)36)34-12-4-6-29-9-13-33(25(17-21)27(23)35)11-3-5-30-10-14-34/h15-20,29-30,35-36H,3-14H2,1-2H3. The quantitative estimate of drug-likeness (QED) is 0.452. The van der Waals surface area contributed by atoms with Gasteiger partial charge in [-0.2, -0.15) is 0 Å². The van der Waals surface area contributed by atoms with Crippen LogP contribution in [0.4, 0.5) is 11.4 Å². The van der Waals surface area contributed by atoms with Crippen molar-refractivity contribution in [2.75, 3.05) is 75.2 Å². The van der Waals surface area contributed by atoms with E-state index < -0.39 is 0 Å². The Hall–Kier alpha value is -3.10. The molecule has 3 aliphatic rings. The summed E-state index contributed by atoms with van der Waals surface area (Å²) in [5, 5.41) is 29.4. The molecule has 6 bridgehead atoms. The van der Waals surface area contributed by atoms with Gasteiger partial charge in [0.2, 0.25) is 0 Å². The van der Waals surface area contributed by atoms with Gasteiger partial charge in [0.25, 0.3) is 0 Å². The van der Waals surface area contributed by atoms with Crippen LogP contribution in [0, 0.1) is 13.8 Å². The van der Waals surface area contributed by atoms with Gasteiger partial charge in [-0.1, -0.05) is 0 Å². The SMILES string of the molecule is Cc1cc2c(O)c(c1)N1CCCNCCN(CCCNCC1)c1cc(C)cc(c1O)C=NCCN=C2. The van der Waals surface area contributed by atoms with Gasteiger partial charge < -0.3 is 30.6 Å². The molecule has 0 atom stereocenters. The Morgan fingerprint density at radius 2 is 1.08 bits per heavy atom. The summed E-state index contributed by atoms with van der Waals surface area (Å²) in [6, 6.07) is 8.08. The molecule has 0 radical (unpaired) electrons. The lowest BCUT2D eigenvalue weighted by molar-refractivity contribution is 0.469. The smallest absolute Gasteiger partial charge is 0.147 e. The number of hydrogen-bond acceptors (Lipinski definition) is 8. The summed E-state index contributed by atoms with van der Waals surface area (Å²) in [7, 11) is 0. The molecule has 36 heavy (non-hydrogen) atoms. The number of aliphatic imine (C=N–C) groups is 2. The lowest BCUT2D eigenvalue weighted by Gasteiger charge is -2.29. The van der Waals surface area contributed by atoms with Crippen molar-refractivity contribution >= 4 is 23.8 Å². The number of nitrogens with zero attached hydrogens (tertiary/aromatic N) is 4. The van der Waals surface area contributed by atoms with Crippen LogP contribution in [0.5, 0.6) is 11.5 Å². The molecule has 3 heterocycles. The third-order valence-corrected chi connectivity index (χ3v) is 6.71. The molecule has 0 aromatic heterocycles. The van der Waals surface area contributed by atoms with E-state index in [4.69, 9.17) is 0 Å². The Kier molecular flexibility index (Phi) is 9.19. The van der Waals surface area contributed by atoms with E-state index in [1.165, 1.54) is 0 Å². The Bertz CT molecular complexity index is 983. The fourth-order valence-corrected chi connectivity index (χ4v) is 4.87. The number of phenolic OH excluding ortho intramolecular Hbond substituents is 2.